The van der Waals surface area contributed by atoms with E-state index in [0.717, 1.165) is 12.1 Å². The molecule has 0 saturated carbocycles. The van der Waals surface area contributed by atoms with Crippen LogP contribution in [0.1, 0.15) is 5.56 Å². The summed E-state index contributed by atoms with van der Waals surface area (Å²) in [5.74, 6) is 0. The van der Waals surface area contributed by atoms with E-state index in [0.29, 0.717) is 6.07 Å². The number of non-ortho nitro benzene ring substituents is 1. The van der Waals surface area contributed by atoms with Crippen LogP contribution in [0.25, 0.3) is 11.1 Å². The third-order valence-electron chi connectivity index (χ3n) is 2.80. The zero-order chi connectivity index (χ0) is 16.7. The lowest BCUT2D eigenvalue weighted by Gasteiger charge is -2.15. The predicted octanol–water partition coefficient (Wildman–Crippen LogP) is 6.24. The highest BCUT2D eigenvalue weighted by molar-refractivity contribution is 6.41. The Balaban J connectivity index is 2.79. The molecule has 0 aliphatic carbocycles. The fraction of sp³-hybridized carbons (Fsp3) is 0.0769. The molecule has 0 N–H and O–H groups in total. The normalized spacial score (nSPS) is 11.5. The molecule has 0 aromatic heterocycles. The van der Waals surface area contributed by atoms with E-state index in [1.807, 2.05) is 0 Å². The van der Waals surface area contributed by atoms with Crippen LogP contribution in [-0.4, -0.2) is 4.92 Å². The first-order valence-electron chi connectivity index (χ1n) is 5.62. The largest absolute Gasteiger partial charge is 0.417 e. The number of nitrogens with zero attached hydrogens (tertiary/aromatic N) is 1. The summed E-state index contributed by atoms with van der Waals surface area (Å²) in [4.78, 5) is 9.76. The molecule has 2 aromatic carbocycles. The van der Waals surface area contributed by atoms with Crippen molar-refractivity contribution in [3.8, 4) is 11.1 Å². The van der Waals surface area contributed by atoms with Gasteiger partial charge in [0, 0.05) is 22.7 Å². The summed E-state index contributed by atoms with van der Waals surface area (Å²) in [5.41, 5.74) is -2.33. The van der Waals surface area contributed by atoms with E-state index in [-0.39, 0.29) is 26.2 Å². The molecular weight excluding hydrogens is 366 g/mol. The Morgan fingerprint density at radius 1 is 1.00 bits per heavy atom. The predicted molar refractivity (Wildman–Crippen MR) is 78.6 cm³/mol. The minimum absolute atomic E-state index is 0.0862. The van der Waals surface area contributed by atoms with E-state index in [1.54, 1.807) is 0 Å². The van der Waals surface area contributed by atoms with Crippen molar-refractivity contribution in [3.05, 3.63) is 61.1 Å². The Morgan fingerprint density at radius 3 is 2.00 bits per heavy atom. The number of nitro groups is 1. The molecule has 116 valence electrons. The van der Waals surface area contributed by atoms with Crippen LogP contribution in [-0.2, 0) is 6.18 Å². The van der Waals surface area contributed by atoms with Crippen molar-refractivity contribution in [3.63, 3.8) is 0 Å². The van der Waals surface area contributed by atoms with Gasteiger partial charge in [0.25, 0.3) is 5.69 Å². The molecule has 9 heteroatoms. The van der Waals surface area contributed by atoms with E-state index in [9.17, 15) is 23.3 Å². The van der Waals surface area contributed by atoms with E-state index >= 15 is 0 Å². The summed E-state index contributed by atoms with van der Waals surface area (Å²) < 4.78 is 39.6. The molecule has 2 aromatic rings. The fourth-order valence-electron chi connectivity index (χ4n) is 1.90. The lowest BCUT2D eigenvalue weighted by atomic mass is 9.98. The van der Waals surface area contributed by atoms with Crippen LogP contribution in [0.4, 0.5) is 18.9 Å². The molecule has 0 unspecified atom stereocenters. The lowest BCUT2D eigenvalue weighted by molar-refractivity contribution is -0.385. The highest BCUT2D eigenvalue weighted by atomic mass is 35.5. The Labute approximate surface area is 137 Å². The molecule has 0 spiro atoms. The van der Waals surface area contributed by atoms with Gasteiger partial charge in [-0.2, -0.15) is 13.2 Å². The Kier molecular flexibility index (Phi) is 4.56. The minimum atomic E-state index is -4.81. The third-order valence-corrected chi connectivity index (χ3v) is 3.61. The summed E-state index contributed by atoms with van der Waals surface area (Å²) in [7, 11) is 0. The van der Waals surface area contributed by atoms with Gasteiger partial charge in [-0.25, -0.2) is 0 Å². The maximum atomic E-state index is 13.2. The molecule has 0 amide bonds. The average molecular weight is 371 g/mol. The van der Waals surface area contributed by atoms with Crippen LogP contribution in [0, 0.1) is 10.1 Å². The second kappa shape index (κ2) is 5.95. The number of rotatable bonds is 2. The van der Waals surface area contributed by atoms with Crippen molar-refractivity contribution in [2.24, 2.45) is 0 Å². The van der Waals surface area contributed by atoms with Gasteiger partial charge in [0.15, 0.2) is 0 Å². The van der Waals surface area contributed by atoms with Crippen LogP contribution in [0.2, 0.25) is 15.1 Å². The van der Waals surface area contributed by atoms with Crippen LogP contribution in [0.5, 0.6) is 0 Å². The molecule has 0 radical (unpaired) electrons. The summed E-state index contributed by atoms with van der Waals surface area (Å²) in [5, 5.41) is 10.7. The van der Waals surface area contributed by atoms with E-state index in [2.05, 4.69) is 0 Å². The Bertz CT molecular complexity index is 740. The van der Waals surface area contributed by atoms with E-state index < -0.39 is 22.4 Å². The molecule has 3 nitrogen and oxygen atoms in total. The summed E-state index contributed by atoms with van der Waals surface area (Å²) in [6.07, 6.45) is -4.81. The molecule has 0 aliphatic rings. The van der Waals surface area contributed by atoms with Crippen molar-refractivity contribution in [2.75, 3.05) is 0 Å². The monoisotopic (exact) mass is 369 g/mol. The SMILES string of the molecule is O=[N+]([O-])c1ccc(-c2c(Cl)cc(Cl)cc2Cl)c(C(F)(F)F)c1. The fourth-order valence-corrected chi connectivity index (χ4v) is 2.92. The lowest BCUT2D eigenvalue weighted by Crippen LogP contribution is -2.08. The first-order valence-corrected chi connectivity index (χ1v) is 6.75. The van der Waals surface area contributed by atoms with Crippen molar-refractivity contribution in [1.82, 2.24) is 0 Å². The maximum absolute atomic E-state index is 13.2. The van der Waals surface area contributed by atoms with Crippen LogP contribution < -0.4 is 0 Å². The number of alkyl halides is 3. The van der Waals surface area contributed by atoms with Gasteiger partial charge in [0.2, 0.25) is 0 Å². The van der Waals surface area contributed by atoms with Gasteiger partial charge >= 0.3 is 6.18 Å². The molecule has 0 bridgehead atoms. The summed E-state index contributed by atoms with van der Waals surface area (Å²) in [6, 6.07) is 4.84. The van der Waals surface area contributed by atoms with Crippen molar-refractivity contribution in [2.45, 2.75) is 6.18 Å². The molecular formula is C13H5Cl3F3NO2. The first-order chi connectivity index (χ1) is 10.1. The molecule has 2 rings (SSSR count). The molecule has 0 heterocycles. The van der Waals surface area contributed by atoms with Crippen molar-refractivity contribution in [1.29, 1.82) is 0 Å². The Hall–Kier alpha value is -1.50. The van der Waals surface area contributed by atoms with Gasteiger partial charge in [-0.15, -0.1) is 0 Å². The van der Waals surface area contributed by atoms with Crippen LogP contribution in [0.3, 0.4) is 0 Å². The van der Waals surface area contributed by atoms with Gasteiger partial charge < -0.3 is 0 Å². The molecule has 0 aliphatic heterocycles. The standard InChI is InChI=1S/C13H5Cl3F3NO2/c14-6-3-10(15)12(11(16)4-6)8-2-1-7(20(21)22)5-9(8)13(17,18)19/h1-5H. The molecule has 0 atom stereocenters. The summed E-state index contributed by atoms with van der Waals surface area (Å²) >= 11 is 17.6. The maximum Gasteiger partial charge on any atom is 0.417 e. The number of hydrogen-bond acceptors (Lipinski definition) is 2. The van der Waals surface area contributed by atoms with E-state index in [4.69, 9.17) is 34.8 Å². The highest BCUT2D eigenvalue weighted by Crippen LogP contribution is 2.44. The van der Waals surface area contributed by atoms with Crippen LogP contribution in [0.15, 0.2) is 30.3 Å². The molecule has 22 heavy (non-hydrogen) atoms. The average Bonchev–Trinajstić information content (AvgIpc) is 2.36. The second-order valence-corrected chi connectivity index (χ2v) is 5.48. The van der Waals surface area contributed by atoms with Gasteiger partial charge in [-0.3, -0.25) is 10.1 Å². The second-order valence-electron chi connectivity index (χ2n) is 4.23. The van der Waals surface area contributed by atoms with E-state index in [1.165, 1.54) is 12.1 Å². The van der Waals surface area contributed by atoms with Gasteiger partial charge in [0.1, 0.15) is 0 Å². The Morgan fingerprint density at radius 2 is 1.55 bits per heavy atom. The number of nitro benzene ring substituents is 1. The minimum Gasteiger partial charge on any atom is -0.258 e. The van der Waals surface area contributed by atoms with Crippen molar-refractivity contribution >= 4 is 40.5 Å². The third kappa shape index (κ3) is 3.29. The van der Waals surface area contributed by atoms with Gasteiger partial charge in [0.05, 0.1) is 20.5 Å². The highest BCUT2D eigenvalue weighted by Gasteiger charge is 2.36. The van der Waals surface area contributed by atoms with Crippen molar-refractivity contribution < 1.29 is 18.1 Å². The van der Waals surface area contributed by atoms with Crippen LogP contribution >= 0.6 is 34.8 Å². The summed E-state index contributed by atoms with van der Waals surface area (Å²) in [6.45, 7) is 0. The number of hydrogen-bond donors (Lipinski definition) is 0. The zero-order valence-corrected chi connectivity index (χ0v) is 12.7. The van der Waals surface area contributed by atoms with Gasteiger partial charge in [-0.05, 0) is 23.8 Å². The number of benzene rings is 2. The zero-order valence-electron chi connectivity index (χ0n) is 10.4. The first kappa shape index (κ1) is 16.9. The number of halogens is 6. The topological polar surface area (TPSA) is 43.1 Å². The quantitative estimate of drug-likeness (QED) is 0.464. The molecule has 0 saturated heterocycles. The smallest absolute Gasteiger partial charge is 0.258 e. The molecule has 0 fully saturated rings. The van der Waals surface area contributed by atoms with Gasteiger partial charge in [-0.1, -0.05) is 34.8 Å².